The summed E-state index contributed by atoms with van der Waals surface area (Å²) in [4.78, 5) is 246. The fourth-order valence-electron chi connectivity index (χ4n) is 6.84. The summed E-state index contributed by atoms with van der Waals surface area (Å²) in [6.07, 6.45) is 16.1. The Bertz CT molecular complexity index is 3510. The maximum atomic E-state index is 11.1. The predicted octanol–water partition coefficient (Wildman–Crippen LogP) is -13.6. The first kappa shape index (κ1) is 105. The summed E-state index contributed by atoms with van der Waals surface area (Å²) in [5.41, 5.74) is 0. The molecule has 0 saturated carbocycles. The SMILES string of the molecule is C.C.O=C(O)C[n+]1ccn(CC(O)(P(=O)(O)O)P(=O)(O)O)c1.O=C(O)C[n+]1ccn(CC(O)(P(=O)(O)O)P(=O)(O)O)c1.O=C(O)C[n+]1ccn(CC(O)(P(=O)([O-])O)P(=O)([O-])O)c1.O=C(O)C[n+]1ccn(CC(O)(P(=O)([O-])O)P(=O)([O-])O)c1.O=C(O)C[n+]1ccn(CC(O)(P(=O)([O-])[O-])P(=O)([O-])[O-])c1.[CH3+].[CH3-]. The lowest BCUT2D eigenvalue weighted by molar-refractivity contribution is -0.685. The molecule has 0 radical (unpaired) electrons. The average Bonchev–Trinajstić information content (AvgIpc) is 1.04. The monoisotopic (exact) mass is 1710 g/mol. The van der Waals surface area contributed by atoms with Crippen LogP contribution in [0.5, 0.6) is 0 Å². The van der Waals surface area contributed by atoms with Crippen molar-refractivity contribution in [3.63, 3.8) is 0 Å². The molecule has 4 unspecified atom stereocenters. The number of carbonyl (C=O) groups is 5. The third-order valence-corrected chi connectivity index (χ3v) is 30.0. The summed E-state index contributed by atoms with van der Waals surface area (Å²) in [5, 5.41) is 71.6. The Balaban J connectivity index is -0.000000595. The van der Waals surface area contributed by atoms with Crippen LogP contribution >= 0.6 is 76.0 Å². The quantitative estimate of drug-likeness (QED) is 0.0115. The second-order valence-corrected chi connectivity index (χ2v) is 39.6. The van der Waals surface area contributed by atoms with Crippen LogP contribution in [-0.4, -0.2) is 188 Å². The minimum absolute atomic E-state index is 0. The van der Waals surface area contributed by atoms with E-state index in [1.807, 2.05) is 0 Å². The van der Waals surface area contributed by atoms with E-state index in [0.29, 0.717) is 4.57 Å². The lowest BCUT2D eigenvalue weighted by Crippen LogP contribution is -2.48. The number of imidazole rings is 5. The molecule has 0 spiro atoms. The average molecular weight is 1710 g/mol. The third kappa shape index (κ3) is 28.9. The molecule has 0 saturated heterocycles. The van der Waals surface area contributed by atoms with Crippen molar-refractivity contribution in [2.45, 2.75) is 106 Å². The maximum Gasteiger partial charge on any atom is 0.373 e. The van der Waals surface area contributed by atoms with Crippen LogP contribution in [-0.2, 0) is 135 Å². The van der Waals surface area contributed by atoms with Gasteiger partial charge in [-0.3, -0.25) is 18.3 Å². The Labute approximate surface area is 582 Å². The molecule has 0 aliphatic heterocycles. The molecule has 22 N–H and O–H groups in total. The van der Waals surface area contributed by atoms with Crippen molar-refractivity contribution in [3.8, 4) is 0 Å². The summed E-state index contributed by atoms with van der Waals surface area (Å²) in [5.74, 6) is -6.03. The van der Waals surface area contributed by atoms with Crippen molar-refractivity contribution in [1.29, 1.82) is 0 Å². The molecule has 55 nitrogen and oxygen atoms in total. The Hall–Kier alpha value is -5.43. The van der Waals surface area contributed by atoms with E-state index in [4.69, 9.17) is 84.3 Å². The standard InChI is InChI=1S/5C7H12N2O9P2.2CH4.2CH3/c5*10-6(11)3-8-1-2-9(5-8)4-7(12,19(13,14)15)20(16,17)18;;;;/h5*1-2,5,12H,3-4H2,(H4-,10,11,13,14,15,16,17,18);2*1H4;2*1H3/q;;;;;;;-1;+1/p-3. The topological polar surface area (TPSA) is 930 Å². The van der Waals surface area contributed by atoms with E-state index < -0.39 is 197 Å². The Morgan fingerprint density at radius 1 is 0.298 bits per heavy atom. The molecule has 104 heavy (non-hydrogen) atoms. The van der Waals surface area contributed by atoms with Gasteiger partial charge in [0.05, 0.1) is 0 Å². The van der Waals surface area contributed by atoms with Crippen LogP contribution in [0.25, 0.3) is 0 Å². The molecule has 5 heterocycles. The van der Waals surface area contributed by atoms with Crippen molar-refractivity contribution >= 4 is 106 Å². The van der Waals surface area contributed by atoms with Gasteiger partial charge in [0.1, 0.15) is 94.7 Å². The smallest absolute Gasteiger partial charge is 0.373 e. The first-order valence-corrected chi connectivity index (χ1v) is 40.6. The molecule has 0 aliphatic rings. The summed E-state index contributed by atoms with van der Waals surface area (Å²) in [6.45, 7) is -8.45. The molecule has 5 aromatic rings. The van der Waals surface area contributed by atoms with Gasteiger partial charge in [-0.05, 0) is 15.2 Å². The second-order valence-electron chi connectivity index (χ2n) is 19.9. The van der Waals surface area contributed by atoms with Gasteiger partial charge in [-0.2, -0.15) is 0 Å². The number of carboxylic acids is 5. The van der Waals surface area contributed by atoms with Crippen LogP contribution in [0, 0.1) is 14.9 Å². The number of hydrogen-bond donors (Lipinski definition) is 22. The van der Waals surface area contributed by atoms with Crippen molar-refractivity contribution < 1.29 is 241 Å². The van der Waals surface area contributed by atoms with Crippen molar-refractivity contribution in [3.05, 3.63) is 108 Å². The molecule has 5 rings (SSSR count). The Morgan fingerprint density at radius 3 is 0.548 bits per heavy atom. The molecule has 0 bridgehead atoms. The molecule has 0 amide bonds. The molecule has 5 aromatic heterocycles. The normalized spacial score (nSPS) is 15.7. The fourth-order valence-corrected chi connectivity index (χ4v) is 16.7. The zero-order valence-electron chi connectivity index (χ0n) is 50.9. The minimum atomic E-state index is -6.17. The van der Waals surface area contributed by atoms with Gasteiger partial charge in [0, 0.05) is 7.43 Å². The number of rotatable bonds is 30. The Morgan fingerprint density at radius 2 is 0.433 bits per heavy atom. The predicted molar refractivity (Wildman–Crippen MR) is 315 cm³/mol. The highest BCUT2D eigenvalue weighted by molar-refractivity contribution is 7.73. The summed E-state index contributed by atoms with van der Waals surface area (Å²) < 4.78 is 119. The van der Waals surface area contributed by atoms with Gasteiger partial charge < -0.3 is 184 Å². The van der Waals surface area contributed by atoms with Crippen molar-refractivity contribution in [2.24, 2.45) is 0 Å². The zero-order chi connectivity index (χ0) is 78.8. The molecule has 0 aliphatic carbocycles. The summed E-state index contributed by atoms with van der Waals surface area (Å²) in [7, 11) is -58.0. The number of carboxylic acid groups (broad SMARTS) is 5. The van der Waals surface area contributed by atoms with Crippen molar-refractivity contribution in [1.82, 2.24) is 22.8 Å². The van der Waals surface area contributed by atoms with E-state index in [-0.39, 0.29) is 29.7 Å². The van der Waals surface area contributed by atoms with Gasteiger partial charge in [-0.1, -0.05) is 14.9 Å². The Kier molecular flexibility index (Phi) is 38.4. The van der Waals surface area contributed by atoms with E-state index in [1.54, 1.807) is 0 Å². The first-order valence-electron chi connectivity index (χ1n) is 24.7. The highest BCUT2D eigenvalue weighted by Gasteiger charge is 2.62. The van der Waals surface area contributed by atoms with Crippen LogP contribution in [0.15, 0.2) is 93.6 Å². The molecular formula is C39H71N10O45P10-3. The third-order valence-electron chi connectivity index (χ3n) is 11.8. The van der Waals surface area contributed by atoms with E-state index in [1.165, 1.54) is 12.4 Å². The van der Waals surface area contributed by atoms with Gasteiger partial charge >= 0.3 is 70.4 Å². The molecule has 0 aromatic carbocycles. The van der Waals surface area contributed by atoms with Gasteiger partial charge in [-0.15, -0.1) is 0 Å². The van der Waals surface area contributed by atoms with Crippen LogP contribution in [0.1, 0.15) is 14.9 Å². The highest BCUT2D eigenvalue weighted by atomic mass is 31.3. The molecule has 600 valence electrons. The second kappa shape index (κ2) is 38.1. The number of aromatic nitrogens is 10. The fraction of sp³-hybridized carbons (Fsp3) is 0.436. The van der Waals surface area contributed by atoms with Gasteiger partial charge in [0.15, 0.2) is 68.2 Å². The van der Waals surface area contributed by atoms with E-state index in [0.717, 1.165) is 122 Å². The zero-order valence-corrected chi connectivity index (χ0v) is 59.8. The summed E-state index contributed by atoms with van der Waals surface area (Å²) in [6, 6.07) is 0. The number of hydrogen-bond acceptors (Lipinski definition) is 28. The van der Waals surface area contributed by atoms with Crippen LogP contribution < -0.4 is 62.0 Å². The van der Waals surface area contributed by atoms with Gasteiger partial charge in [-0.25, -0.2) is 69.6 Å². The molecule has 0 fully saturated rings. The lowest BCUT2D eigenvalue weighted by atomic mass is 10.6. The van der Waals surface area contributed by atoms with Crippen LogP contribution in [0.3, 0.4) is 0 Å². The largest absolute Gasteiger partial charge is 0.808 e. The van der Waals surface area contributed by atoms with Gasteiger partial charge in [0.25, 0.3) is 0 Å². The molecule has 4 atom stereocenters. The molecule has 65 heteroatoms. The van der Waals surface area contributed by atoms with Crippen LogP contribution in [0.2, 0.25) is 0 Å². The number of aliphatic carboxylic acids is 5. The maximum absolute atomic E-state index is 11.1. The van der Waals surface area contributed by atoms with E-state index in [2.05, 4.69) is 0 Å². The highest BCUT2D eigenvalue weighted by Crippen LogP contribution is 2.69. The van der Waals surface area contributed by atoms with Crippen molar-refractivity contribution in [2.75, 3.05) is 0 Å². The minimum Gasteiger partial charge on any atom is -0.808 e. The van der Waals surface area contributed by atoms with Gasteiger partial charge in [0.2, 0.25) is 41.8 Å². The number of aliphatic hydroxyl groups is 5. The molecular weight excluding hydrogens is 1640 g/mol. The lowest BCUT2D eigenvalue weighted by Gasteiger charge is -2.54. The van der Waals surface area contributed by atoms with E-state index >= 15 is 0 Å². The number of nitrogens with zero attached hydrogens (tertiary/aromatic N) is 10. The van der Waals surface area contributed by atoms with Crippen LogP contribution in [0.4, 0.5) is 0 Å². The first-order chi connectivity index (χ1) is 44.3. The van der Waals surface area contributed by atoms with E-state index in [9.17, 15) is 134 Å². The summed E-state index contributed by atoms with van der Waals surface area (Å²) >= 11 is 0.